The highest BCUT2D eigenvalue weighted by atomic mass is 127. The second-order valence-electron chi connectivity index (χ2n) is 2.48. The molecule has 0 N–H and O–H groups in total. The Hall–Kier alpha value is -0.960. The summed E-state index contributed by atoms with van der Waals surface area (Å²) in [5, 5.41) is 8.64. The molecule has 0 spiro atoms. The van der Waals surface area contributed by atoms with Gasteiger partial charge in [-0.3, -0.25) is 4.79 Å². The number of carbonyl (C=O) groups excluding carboxylic acids is 1. The van der Waals surface area contributed by atoms with Gasteiger partial charge < -0.3 is 0 Å². The number of hydrogen-bond donors (Lipinski definition) is 0. The fourth-order valence-corrected chi connectivity index (χ4v) is 1.60. The lowest BCUT2D eigenvalue weighted by Gasteiger charge is -2.01. The summed E-state index contributed by atoms with van der Waals surface area (Å²) in [7, 11) is 0. The summed E-state index contributed by atoms with van der Waals surface area (Å²) >= 11 is 1.89. The van der Waals surface area contributed by atoms with E-state index in [-0.39, 0.29) is 11.1 Å². The van der Waals surface area contributed by atoms with Crippen molar-refractivity contribution in [2.24, 2.45) is 0 Å². The molecule has 0 aromatic heterocycles. The molecular formula is C9H5FINO. The van der Waals surface area contributed by atoms with Crippen LogP contribution < -0.4 is 0 Å². The molecule has 1 aromatic carbocycles. The third-order valence-electron chi connectivity index (χ3n) is 1.53. The molecule has 2 nitrogen and oxygen atoms in total. The average Bonchev–Trinajstić information content (AvgIpc) is 2.01. The summed E-state index contributed by atoms with van der Waals surface area (Å²) in [6, 6.07) is 4.51. The molecule has 0 aliphatic rings. The molecule has 0 aliphatic heterocycles. The third-order valence-corrected chi connectivity index (χ3v) is 2.15. The number of rotatable bonds is 1. The van der Waals surface area contributed by atoms with Crippen LogP contribution in [0.3, 0.4) is 0 Å². The zero-order valence-corrected chi connectivity index (χ0v) is 8.92. The second-order valence-corrected chi connectivity index (χ2v) is 3.72. The van der Waals surface area contributed by atoms with Gasteiger partial charge in [-0.1, -0.05) is 0 Å². The number of ketones is 1. The molecule has 0 aliphatic carbocycles. The van der Waals surface area contributed by atoms with Crippen molar-refractivity contribution in [1.82, 2.24) is 0 Å². The average molecular weight is 289 g/mol. The summed E-state index contributed by atoms with van der Waals surface area (Å²) in [5.41, 5.74) is -0.0279. The number of hydrogen-bond acceptors (Lipinski definition) is 2. The molecule has 0 radical (unpaired) electrons. The van der Waals surface area contributed by atoms with Gasteiger partial charge in [-0.2, -0.15) is 5.26 Å². The Morgan fingerprint density at radius 1 is 1.62 bits per heavy atom. The number of carbonyl (C=O) groups is 1. The van der Waals surface area contributed by atoms with Gasteiger partial charge in [0.25, 0.3) is 0 Å². The number of nitrogens with zero attached hydrogens (tertiary/aromatic N) is 1. The highest BCUT2D eigenvalue weighted by molar-refractivity contribution is 14.1. The predicted molar refractivity (Wildman–Crippen MR) is 53.8 cm³/mol. The smallest absolute Gasteiger partial charge is 0.164 e. The summed E-state index contributed by atoms with van der Waals surface area (Å²) in [6.07, 6.45) is 0. The van der Waals surface area contributed by atoms with Crippen molar-refractivity contribution in [1.29, 1.82) is 5.26 Å². The van der Waals surface area contributed by atoms with Crippen molar-refractivity contribution in [2.45, 2.75) is 6.92 Å². The van der Waals surface area contributed by atoms with Gasteiger partial charge in [0.2, 0.25) is 0 Å². The minimum Gasteiger partial charge on any atom is -0.294 e. The number of halogens is 2. The van der Waals surface area contributed by atoms with E-state index in [2.05, 4.69) is 0 Å². The van der Waals surface area contributed by atoms with E-state index in [1.807, 2.05) is 22.6 Å². The molecule has 0 heterocycles. The van der Waals surface area contributed by atoms with Crippen LogP contribution >= 0.6 is 22.6 Å². The fourth-order valence-electron chi connectivity index (χ4n) is 1.02. The minimum atomic E-state index is -0.629. The first kappa shape index (κ1) is 10.1. The van der Waals surface area contributed by atoms with Crippen LogP contribution in [0.1, 0.15) is 22.8 Å². The lowest BCUT2D eigenvalue weighted by molar-refractivity contribution is 0.101. The summed E-state index contributed by atoms with van der Waals surface area (Å²) in [5.74, 6) is -1.05. The molecule has 0 atom stereocenters. The Labute approximate surface area is 88.5 Å². The molecule has 0 unspecified atom stereocenters. The Bertz CT molecular complexity index is 409. The van der Waals surface area contributed by atoms with Crippen molar-refractivity contribution in [3.8, 4) is 6.07 Å². The molecule has 13 heavy (non-hydrogen) atoms. The van der Waals surface area contributed by atoms with Crippen LogP contribution in [0.25, 0.3) is 0 Å². The SMILES string of the molecule is CC(=O)c1c(F)cc(I)cc1C#N. The van der Waals surface area contributed by atoms with Crippen LogP contribution in [-0.2, 0) is 0 Å². The normalized spacial score (nSPS) is 9.38. The van der Waals surface area contributed by atoms with Gasteiger partial charge in [0.1, 0.15) is 11.9 Å². The van der Waals surface area contributed by atoms with E-state index in [0.717, 1.165) is 0 Å². The van der Waals surface area contributed by atoms with Crippen molar-refractivity contribution in [3.05, 3.63) is 32.6 Å². The van der Waals surface area contributed by atoms with E-state index in [4.69, 9.17) is 5.26 Å². The summed E-state index contributed by atoms with van der Waals surface area (Å²) < 4.78 is 13.8. The molecule has 0 saturated heterocycles. The van der Waals surface area contributed by atoms with Crippen LogP contribution in [0.5, 0.6) is 0 Å². The molecule has 0 fully saturated rings. The zero-order chi connectivity index (χ0) is 10.0. The van der Waals surface area contributed by atoms with Gasteiger partial charge in [0.15, 0.2) is 5.78 Å². The maximum atomic E-state index is 13.2. The number of benzene rings is 1. The van der Waals surface area contributed by atoms with Crippen LogP contribution in [-0.4, -0.2) is 5.78 Å². The quantitative estimate of drug-likeness (QED) is 0.588. The first-order valence-corrected chi connectivity index (χ1v) is 4.54. The highest BCUT2D eigenvalue weighted by Crippen LogP contribution is 2.17. The van der Waals surface area contributed by atoms with Gasteiger partial charge in [-0.15, -0.1) is 0 Å². The molecule has 1 aromatic rings. The third kappa shape index (κ3) is 2.04. The zero-order valence-electron chi connectivity index (χ0n) is 6.77. The predicted octanol–water partition coefficient (Wildman–Crippen LogP) is 2.50. The van der Waals surface area contributed by atoms with E-state index >= 15 is 0 Å². The lowest BCUT2D eigenvalue weighted by atomic mass is 10.1. The van der Waals surface area contributed by atoms with E-state index in [9.17, 15) is 9.18 Å². The summed E-state index contributed by atoms with van der Waals surface area (Å²) in [4.78, 5) is 11.0. The van der Waals surface area contributed by atoms with Crippen LogP contribution in [0.2, 0.25) is 0 Å². The Kier molecular flexibility index (Phi) is 2.98. The summed E-state index contributed by atoms with van der Waals surface area (Å²) in [6.45, 7) is 1.24. The van der Waals surface area contributed by atoms with E-state index < -0.39 is 11.6 Å². The largest absolute Gasteiger partial charge is 0.294 e. The van der Waals surface area contributed by atoms with Crippen LogP contribution in [0.15, 0.2) is 12.1 Å². The molecule has 0 saturated carbocycles. The first-order valence-electron chi connectivity index (χ1n) is 3.46. The Morgan fingerprint density at radius 3 is 2.69 bits per heavy atom. The molecule has 0 bridgehead atoms. The topological polar surface area (TPSA) is 40.9 Å². The van der Waals surface area contributed by atoms with Gasteiger partial charge in [-0.25, -0.2) is 4.39 Å². The Morgan fingerprint density at radius 2 is 2.23 bits per heavy atom. The van der Waals surface area contributed by atoms with Crippen molar-refractivity contribution >= 4 is 28.4 Å². The van der Waals surface area contributed by atoms with Gasteiger partial charge in [-0.05, 0) is 41.6 Å². The van der Waals surface area contributed by atoms with Crippen LogP contribution in [0.4, 0.5) is 4.39 Å². The van der Waals surface area contributed by atoms with Crippen molar-refractivity contribution in [2.75, 3.05) is 0 Å². The standard InChI is InChI=1S/C9H5FINO/c1-5(13)9-6(4-12)2-7(11)3-8(9)10/h2-3H,1H3. The lowest BCUT2D eigenvalue weighted by Crippen LogP contribution is -2.01. The second kappa shape index (κ2) is 3.83. The fraction of sp³-hybridized carbons (Fsp3) is 0.111. The first-order chi connectivity index (χ1) is 6.06. The highest BCUT2D eigenvalue weighted by Gasteiger charge is 2.13. The maximum Gasteiger partial charge on any atom is 0.164 e. The maximum absolute atomic E-state index is 13.2. The molecule has 1 rings (SSSR count). The van der Waals surface area contributed by atoms with Crippen LogP contribution in [0, 0.1) is 20.7 Å². The van der Waals surface area contributed by atoms with Crippen molar-refractivity contribution < 1.29 is 9.18 Å². The van der Waals surface area contributed by atoms with Crippen molar-refractivity contribution in [3.63, 3.8) is 0 Å². The minimum absolute atomic E-state index is 0.0944. The van der Waals surface area contributed by atoms with E-state index in [1.165, 1.54) is 19.1 Å². The van der Waals surface area contributed by atoms with E-state index in [1.54, 1.807) is 6.07 Å². The van der Waals surface area contributed by atoms with E-state index in [0.29, 0.717) is 3.57 Å². The number of nitriles is 1. The van der Waals surface area contributed by atoms with Gasteiger partial charge >= 0.3 is 0 Å². The molecular weight excluding hydrogens is 284 g/mol. The Balaban J connectivity index is 3.50. The monoisotopic (exact) mass is 289 g/mol. The molecule has 66 valence electrons. The molecule has 4 heteroatoms. The van der Waals surface area contributed by atoms with Gasteiger partial charge in [0, 0.05) is 3.57 Å². The molecule has 0 amide bonds. The van der Waals surface area contributed by atoms with Gasteiger partial charge in [0.05, 0.1) is 11.1 Å². The number of Topliss-reactive ketones (excluding diaryl/α,β-unsaturated/α-hetero) is 1.